The molecular weight excluding hydrogens is 376 g/mol. The molecular formula is C21H17ClN4O2. The number of methoxy groups -OCH3 is 1. The summed E-state index contributed by atoms with van der Waals surface area (Å²) >= 11 is 6.14. The van der Waals surface area contributed by atoms with Crippen LogP contribution in [-0.4, -0.2) is 28.0 Å². The zero-order valence-corrected chi connectivity index (χ0v) is 16.1. The number of halogens is 1. The van der Waals surface area contributed by atoms with Gasteiger partial charge in [0.1, 0.15) is 16.8 Å². The topological polar surface area (TPSA) is 69.0 Å². The molecule has 6 nitrogen and oxygen atoms in total. The number of carbonyl (C=O) groups excluding carboxylic acids is 1. The normalized spacial score (nSPS) is 10.8. The van der Waals surface area contributed by atoms with Gasteiger partial charge in [0.15, 0.2) is 0 Å². The van der Waals surface area contributed by atoms with Crippen molar-refractivity contribution in [1.29, 1.82) is 0 Å². The second-order valence-corrected chi connectivity index (χ2v) is 6.72. The number of aryl methyl sites for hydroxylation is 1. The standard InChI is InChI=1S/C21H17ClN4O2/c1-13-10-17(23-21(27)14-8-9-19(28-2)16(22)12-14)20-18(11-13)24-26(25-20)15-6-4-3-5-7-15/h3-12H,1-2H3,(H,23,27). The summed E-state index contributed by atoms with van der Waals surface area (Å²) in [6.07, 6.45) is 0. The van der Waals surface area contributed by atoms with Gasteiger partial charge in [-0.05, 0) is 55.0 Å². The molecule has 1 amide bonds. The Morgan fingerprint density at radius 2 is 1.86 bits per heavy atom. The highest BCUT2D eigenvalue weighted by Gasteiger charge is 2.15. The molecule has 1 N–H and O–H groups in total. The average molecular weight is 393 g/mol. The van der Waals surface area contributed by atoms with Gasteiger partial charge in [-0.25, -0.2) is 0 Å². The van der Waals surface area contributed by atoms with Crippen molar-refractivity contribution < 1.29 is 9.53 Å². The van der Waals surface area contributed by atoms with Gasteiger partial charge in [0.25, 0.3) is 5.91 Å². The number of amides is 1. The van der Waals surface area contributed by atoms with Crippen molar-refractivity contribution in [1.82, 2.24) is 15.0 Å². The van der Waals surface area contributed by atoms with E-state index in [1.54, 1.807) is 23.0 Å². The van der Waals surface area contributed by atoms with Gasteiger partial charge < -0.3 is 10.1 Å². The Morgan fingerprint density at radius 3 is 2.57 bits per heavy atom. The van der Waals surface area contributed by atoms with Gasteiger partial charge in [0, 0.05) is 5.56 Å². The number of para-hydroxylation sites is 1. The molecule has 0 spiro atoms. The SMILES string of the molecule is COc1ccc(C(=O)Nc2cc(C)cc3nn(-c4ccccc4)nc23)cc1Cl. The first kappa shape index (κ1) is 18.0. The second kappa shape index (κ2) is 7.32. The predicted octanol–water partition coefficient (Wildman–Crippen LogP) is 4.64. The Labute approximate surface area is 166 Å². The third-order valence-electron chi connectivity index (χ3n) is 4.28. The number of nitrogens with one attached hydrogen (secondary N) is 1. The summed E-state index contributed by atoms with van der Waals surface area (Å²) < 4.78 is 5.13. The maximum absolute atomic E-state index is 12.7. The van der Waals surface area contributed by atoms with Crippen LogP contribution in [0.2, 0.25) is 5.02 Å². The van der Waals surface area contributed by atoms with E-state index in [1.807, 2.05) is 49.4 Å². The molecule has 7 heteroatoms. The molecule has 140 valence electrons. The molecule has 4 aromatic rings. The first-order chi connectivity index (χ1) is 13.5. The van der Waals surface area contributed by atoms with Gasteiger partial charge in [0.2, 0.25) is 0 Å². The number of benzene rings is 3. The fourth-order valence-electron chi connectivity index (χ4n) is 2.93. The molecule has 1 heterocycles. The third-order valence-corrected chi connectivity index (χ3v) is 4.58. The number of anilines is 1. The first-order valence-electron chi connectivity index (χ1n) is 8.63. The van der Waals surface area contributed by atoms with Crippen LogP contribution in [0.3, 0.4) is 0 Å². The summed E-state index contributed by atoms with van der Waals surface area (Å²) in [5, 5.41) is 12.4. The molecule has 0 atom stereocenters. The van der Waals surface area contributed by atoms with Crippen LogP contribution < -0.4 is 10.1 Å². The van der Waals surface area contributed by atoms with Crippen LogP contribution in [0.4, 0.5) is 5.69 Å². The van der Waals surface area contributed by atoms with E-state index in [2.05, 4.69) is 15.5 Å². The highest BCUT2D eigenvalue weighted by molar-refractivity contribution is 6.32. The van der Waals surface area contributed by atoms with E-state index < -0.39 is 0 Å². The molecule has 0 unspecified atom stereocenters. The van der Waals surface area contributed by atoms with Crippen molar-refractivity contribution in [2.24, 2.45) is 0 Å². The summed E-state index contributed by atoms with van der Waals surface area (Å²) in [7, 11) is 1.53. The Morgan fingerprint density at radius 1 is 1.07 bits per heavy atom. The van der Waals surface area contributed by atoms with Gasteiger partial charge in [-0.15, -0.1) is 10.2 Å². The molecule has 3 aromatic carbocycles. The van der Waals surface area contributed by atoms with Crippen LogP contribution in [0.5, 0.6) is 5.75 Å². The molecule has 0 radical (unpaired) electrons. The lowest BCUT2D eigenvalue weighted by Crippen LogP contribution is -2.12. The van der Waals surface area contributed by atoms with E-state index in [9.17, 15) is 4.79 Å². The summed E-state index contributed by atoms with van der Waals surface area (Å²) in [5.74, 6) is 0.229. The summed E-state index contributed by atoms with van der Waals surface area (Å²) in [6.45, 7) is 1.95. The fourth-order valence-corrected chi connectivity index (χ4v) is 3.19. The van der Waals surface area contributed by atoms with Crippen molar-refractivity contribution in [2.45, 2.75) is 6.92 Å². The molecule has 0 saturated heterocycles. The minimum atomic E-state index is -0.286. The molecule has 0 aliphatic heterocycles. The monoisotopic (exact) mass is 392 g/mol. The number of rotatable bonds is 4. The summed E-state index contributed by atoms with van der Waals surface area (Å²) in [6, 6.07) is 18.3. The molecule has 4 rings (SSSR count). The highest BCUT2D eigenvalue weighted by atomic mass is 35.5. The maximum Gasteiger partial charge on any atom is 0.255 e. The Kier molecular flexibility index (Phi) is 4.71. The number of hydrogen-bond acceptors (Lipinski definition) is 4. The largest absolute Gasteiger partial charge is 0.495 e. The van der Waals surface area contributed by atoms with Crippen molar-refractivity contribution in [2.75, 3.05) is 12.4 Å². The molecule has 0 aliphatic rings. The van der Waals surface area contributed by atoms with E-state index in [0.29, 0.717) is 33.1 Å². The van der Waals surface area contributed by atoms with Gasteiger partial charge in [-0.3, -0.25) is 4.79 Å². The van der Waals surface area contributed by atoms with Crippen LogP contribution in [0.25, 0.3) is 16.7 Å². The number of aromatic nitrogens is 3. The zero-order chi connectivity index (χ0) is 19.7. The molecule has 0 bridgehead atoms. The van der Waals surface area contributed by atoms with E-state index >= 15 is 0 Å². The van der Waals surface area contributed by atoms with Crippen LogP contribution in [0.15, 0.2) is 60.7 Å². The summed E-state index contributed by atoms with van der Waals surface area (Å²) in [5.41, 5.74) is 4.14. The van der Waals surface area contributed by atoms with Gasteiger partial charge in [-0.1, -0.05) is 29.8 Å². The van der Waals surface area contributed by atoms with E-state index in [4.69, 9.17) is 16.3 Å². The molecule has 0 saturated carbocycles. The Hall–Kier alpha value is -3.38. The molecule has 0 fully saturated rings. The van der Waals surface area contributed by atoms with Gasteiger partial charge in [-0.2, -0.15) is 4.80 Å². The van der Waals surface area contributed by atoms with Crippen molar-refractivity contribution >= 4 is 34.2 Å². The second-order valence-electron chi connectivity index (χ2n) is 6.31. The fraction of sp³-hybridized carbons (Fsp3) is 0.0952. The minimum Gasteiger partial charge on any atom is -0.495 e. The van der Waals surface area contributed by atoms with Crippen molar-refractivity contribution in [3.63, 3.8) is 0 Å². The lowest BCUT2D eigenvalue weighted by Gasteiger charge is -2.08. The van der Waals surface area contributed by atoms with Crippen LogP contribution in [0, 0.1) is 6.92 Å². The molecule has 28 heavy (non-hydrogen) atoms. The number of nitrogens with zero attached hydrogens (tertiary/aromatic N) is 3. The van der Waals surface area contributed by atoms with E-state index in [1.165, 1.54) is 7.11 Å². The van der Waals surface area contributed by atoms with Crippen molar-refractivity contribution in [3.05, 3.63) is 76.8 Å². The molecule has 1 aromatic heterocycles. The lowest BCUT2D eigenvalue weighted by atomic mass is 10.1. The highest BCUT2D eigenvalue weighted by Crippen LogP contribution is 2.27. The van der Waals surface area contributed by atoms with Gasteiger partial charge in [0.05, 0.1) is 23.5 Å². The van der Waals surface area contributed by atoms with Crippen molar-refractivity contribution in [3.8, 4) is 11.4 Å². The minimum absolute atomic E-state index is 0.286. The maximum atomic E-state index is 12.7. The average Bonchev–Trinajstić information content (AvgIpc) is 3.12. The smallest absolute Gasteiger partial charge is 0.255 e. The Balaban J connectivity index is 1.71. The van der Waals surface area contributed by atoms with Crippen LogP contribution >= 0.6 is 11.6 Å². The third kappa shape index (κ3) is 3.42. The first-order valence-corrected chi connectivity index (χ1v) is 9.01. The summed E-state index contributed by atoms with van der Waals surface area (Å²) in [4.78, 5) is 14.3. The van der Waals surface area contributed by atoms with Gasteiger partial charge >= 0.3 is 0 Å². The van der Waals surface area contributed by atoms with E-state index in [-0.39, 0.29) is 5.91 Å². The Bertz CT molecular complexity index is 1170. The lowest BCUT2D eigenvalue weighted by molar-refractivity contribution is 0.102. The van der Waals surface area contributed by atoms with Crippen LogP contribution in [0.1, 0.15) is 15.9 Å². The molecule has 0 aliphatic carbocycles. The predicted molar refractivity (Wildman–Crippen MR) is 110 cm³/mol. The number of ether oxygens (including phenoxy) is 1. The zero-order valence-electron chi connectivity index (χ0n) is 15.3. The number of carbonyl (C=O) groups is 1. The number of hydrogen-bond donors (Lipinski definition) is 1. The van der Waals surface area contributed by atoms with Crippen LogP contribution in [-0.2, 0) is 0 Å². The van der Waals surface area contributed by atoms with E-state index in [0.717, 1.165) is 11.3 Å². The quantitative estimate of drug-likeness (QED) is 0.549. The number of fused-ring (bicyclic) bond motifs is 1.